The lowest BCUT2D eigenvalue weighted by Gasteiger charge is -2.31. The quantitative estimate of drug-likeness (QED) is 0.639. The van der Waals surface area contributed by atoms with E-state index in [0.29, 0.717) is 30.1 Å². The van der Waals surface area contributed by atoms with Crippen LogP contribution in [0.15, 0.2) is 36.8 Å². The fraction of sp³-hybridized carbons (Fsp3) is 0.353. The Morgan fingerprint density at radius 2 is 2.04 bits per heavy atom. The second kappa shape index (κ2) is 6.74. The van der Waals surface area contributed by atoms with Crippen molar-refractivity contribution in [3.05, 3.63) is 63.7 Å². The minimum Gasteiger partial charge on any atom is -0.339 e. The highest BCUT2D eigenvalue weighted by Crippen LogP contribution is 2.27. The lowest BCUT2D eigenvalue weighted by atomic mass is 9.93. The summed E-state index contributed by atoms with van der Waals surface area (Å²) in [7, 11) is 0. The minimum absolute atomic E-state index is 0.0182. The highest BCUT2D eigenvalue weighted by atomic mass is 16.6. The number of aryl methyl sites for hydroxylation is 1. The van der Waals surface area contributed by atoms with Gasteiger partial charge in [0.1, 0.15) is 0 Å². The van der Waals surface area contributed by atoms with Gasteiger partial charge in [-0.05, 0) is 25.8 Å². The van der Waals surface area contributed by atoms with Gasteiger partial charge in [0.2, 0.25) is 0 Å². The molecular formula is C17H18N4O3. The Kier molecular flexibility index (Phi) is 4.50. The van der Waals surface area contributed by atoms with Gasteiger partial charge in [0.15, 0.2) is 0 Å². The fourth-order valence-corrected chi connectivity index (χ4v) is 3.02. The Labute approximate surface area is 139 Å². The molecule has 2 heterocycles. The van der Waals surface area contributed by atoms with Gasteiger partial charge in [-0.1, -0.05) is 6.07 Å². The molecule has 7 heteroatoms. The molecule has 1 amide bonds. The molecule has 0 unspecified atom stereocenters. The molecule has 1 aromatic heterocycles. The number of nitro benzene ring substituents is 1. The van der Waals surface area contributed by atoms with E-state index in [0.717, 1.165) is 18.5 Å². The van der Waals surface area contributed by atoms with Crippen LogP contribution in [0.5, 0.6) is 0 Å². The number of piperidine rings is 1. The van der Waals surface area contributed by atoms with Crippen molar-refractivity contribution in [1.29, 1.82) is 0 Å². The van der Waals surface area contributed by atoms with E-state index in [1.807, 2.05) is 0 Å². The van der Waals surface area contributed by atoms with E-state index < -0.39 is 4.92 Å². The Hall–Kier alpha value is -2.83. The third-order valence-corrected chi connectivity index (χ3v) is 4.44. The van der Waals surface area contributed by atoms with Crippen LogP contribution < -0.4 is 0 Å². The number of rotatable bonds is 3. The van der Waals surface area contributed by atoms with Crippen LogP contribution in [0.1, 0.15) is 40.4 Å². The standard InChI is InChI=1S/C17H18N4O3/c1-12-2-3-14(10-16(12)21(23)24)17(22)20-8-4-13(5-9-20)15-11-18-6-7-19-15/h2-3,6-7,10-11,13H,4-5,8-9H2,1H3. The number of benzene rings is 1. The summed E-state index contributed by atoms with van der Waals surface area (Å²) in [5, 5.41) is 11.0. The van der Waals surface area contributed by atoms with Crippen molar-refractivity contribution in [2.45, 2.75) is 25.7 Å². The molecule has 1 aliphatic rings. The van der Waals surface area contributed by atoms with E-state index in [1.54, 1.807) is 42.5 Å². The second-order valence-corrected chi connectivity index (χ2v) is 5.96. The molecule has 0 radical (unpaired) electrons. The number of hydrogen-bond donors (Lipinski definition) is 0. The Morgan fingerprint density at radius 3 is 2.67 bits per heavy atom. The zero-order valence-electron chi connectivity index (χ0n) is 13.4. The van der Waals surface area contributed by atoms with Crippen molar-refractivity contribution >= 4 is 11.6 Å². The Bertz CT molecular complexity index is 756. The first-order valence-corrected chi connectivity index (χ1v) is 7.86. The predicted octanol–water partition coefficient (Wildman–Crippen LogP) is 2.71. The molecule has 1 aliphatic heterocycles. The average Bonchev–Trinajstić information content (AvgIpc) is 2.62. The van der Waals surface area contributed by atoms with Crippen molar-refractivity contribution in [3.8, 4) is 0 Å². The number of nitrogens with zero attached hydrogens (tertiary/aromatic N) is 4. The SMILES string of the molecule is Cc1ccc(C(=O)N2CCC(c3cnccn3)CC2)cc1[N+](=O)[O-]. The average molecular weight is 326 g/mol. The molecular weight excluding hydrogens is 308 g/mol. The van der Waals surface area contributed by atoms with Gasteiger partial charge in [-0.15, -0.1) is 0 Å². The van der Waals surface area contributed by atoms with Crippen molar-refractivity contribution in [2.75, 3.05) is 13.1 Å². The monoisotopic (exact) mass is 326 g/mol. The van der Waals surface area contributed by atoms with Crippen molar-refractivity contribution in [3.63, 3.8) is 0 Å². The number of aromatic nitrogens is 2. The molecule has 7 nitrogen and oxygen atoms in total. The van der Waals surface area contributed by atoms with Crippen LogP contribution in [0.3, 0.4) is 0 Å². The first-order chi connectivity index (χ1) is 11.6. The molecule has 0 saturated carbocycles. The van der Waals surface area contributed by atoms with Gasteiger partial charge in [0.05, 0.1) is 10.6 Å². The lowest BCUT2D eigenvalue weighted by Crippen LogP contribution is -2.38. The molecule has 1 saturated heterocycles. The maximum atomic E-state index is 12.6. The zero-order chi connectivity index (χ0) is 17.1. The van der Waals surface area contributed by atoms with Crippen molar-refractivity contribution < 1.29 is 9.72 Å². The number of amides is 1. The smallest absolute Gasteiger partial charge is 0.273 e. The minimum atomic E-state index is -0.452. The third-order valence-electron chi connectivity index (χ3n) is 4.44. The van der Waals surface area contributed by atoms with Crippen LogP contribution >= 0.6 is 0 Å². The summed E-state index contributed by atoms with van der Waals surface area (Å²) in [6.07, 6.45) is 6.73. The molecule has 0 N–H and O–H groups in total. The van der Waals surface area contributed by atoms with E-state index in [1.165, 1.54) is 6.07 Å². The van der Waals surface area contributed by atoms with E-state index in [9.17, 15) is 14.9 Å². The van der Waals surface area contributed by atoms with Crippen LogP contribution in [0.2, 0.25) is 0 Å². The van der Waals surface area contributed by atoms with E-state index in [-0.39, 0.29) is 11.6 Å². The predicted molar refractivity (Wildman–Crippen MR) is 87.7 cm³/mol. The van der Waals surface area contributed by atoms with Gasteiger partial charge in [0.25, 0.3) is 11.6 Å². The molecule has 0 bridgehead atoms. The third kappa shape index (κ3) is 3.24. The van der Waals surface area contributed by atoms with E-state index >= 15 is 0 Å². The molecule has 1 fully saturated rings. The van der Waals surface area contributed by atoms with Crippen LogP contribution in [-0.2, 0) is 0 Å². The summed E-state index contributed by atoms with van der Waals surface area (Å²) in [6, 6.07) is 4.64. The van der Waals surface area contributed by atoms with Crippen LogP contribution in [0.25, 0.3) is 0 Å². The largest absolute Gasteiger partial charge is 0.339 e. The van der Waals surface area contributed by atoms with Gasteiger partial charge in [0, 0.05) is 54.8 Å². The maximum Gasteiger partial charge on any atom is 0.273 e. The molecule has 0 spiro atoms. The highest BCUT2D eigenvalue weighted by Gasteiger charge is 2.26. The van der Waals surface area contributed by atoms with Gasteiger partial charge < -0.3 is 4.90 Å². The second-order valence-electron chi connectivity index (χ2n) is 5.96. The van der Waals surface area contributed by atoms with Crippen molar-refractivity contribution in [1.82, 2.24) is 14.9 Å². The Morgan fingerprint density at radius 1 is 1.29 bits per heavy atom. The topological polar surface area (TPSA) is 89.2 Å². The molecule has 0 aliphatic carbocycles. The summed E-state index contributed by atoms with van der Waals surface area (Å²) in [4.78, 5) is 33.4. The van der Waals surface area contributed by atoms with E-state index in [4.69, 9.17) is 0 Å². The summed E-state index contributed by atoms with van der Waals surface area (Å²) in [5.41, 5.74) is 1.86. The molecule has 24 heavy (non-hydrogen) atoms. The van der Waals surface area contributed by atoms with E-state index in [2.05, 4.69) is 9.97 Å². The first kappa shape index (κ1) is 16.0. The van der Waals surface area contributed by atoms with Gasteiger partial charge in [-0.3, -0.25) is 24.9 Å². The lowest BCUT2D eigenvalue weighted by molar-refractivity contribution is -0.385. The molecule has 2 aromatic rings. The fourth-order valence-electron chi connectivity index (χ4n) is 3.02. The highest BCUT2D eigenvalue weighted by molar-refractivity contribution is 5.95. The molecule has 124 valence electrons. The van der Waals surface area contributed by atoms with Gasteiger partial charge in [-0.25, -0.2) is 0 Å². The number of nitro groups is 1. The maximum absolute atomic E-state index is 12.6. The Balaban J connectivity index is 1.69. The summed E-state index contributed by atoms with van der Waals surface area (Å²) >= 11 is 0. The first-order valence-electron chi connectivity index (χ1n) is 7.86. The number of carbonyl (C=O) groups excluding carboxylic acids is 1. The summed E-state index contributed by atoms with van der Waals surface area (Å²) in [6.45, 7) is 2.89. The molecule has 3 rings (SSSR count). The molecule has 0 atom stereocenters. The van der Waals surface area contributed by atoms with Crippen LogP contribution in [0, 0.1) is 17.0 Å². The van der Waals surface area contributed by atoms with Crippen LogP contribution in [-0.4, -0.2) is 38.8 Å². The normalized spacial score (nSPS) is 15.3. The zero-order valence-corrected chi connectivity index (χ0v) is 13.4. The van der Waals surface area contributed by atoms with Gasteiger partial charge >= 0.3 is 0 Å². The summed E-state index contributed by atoms with van der Waals surface area (Å²) < 4.78 is 0. The van der Waals surface area contributed by atoms with Crippen molar-refractivity contribution in [2.24, 2.45) is 0 Å². The molecule has 1 aromatic carbocycles. The summed E-state index contributed by atoms with van der Waals surface area (Å²) in [5.74, 6) is 0.144. The number of carbonyl (C=O) groups is 1. The van der Waals surface area contributed by atoms with Gasteiger partial charge in [-0.2, -0.15) is 0 Å². The number of likely N-dealkylation sites (tertiary alicyclic amines) is 1. The number of hydrogen-bond acceptors (Lipinski definition) is 5. The van der Waals surface area contributed by atoms with Crippen LogP contribution in [0.4, 0.5) is 5.69 Å².